The molecule has 0 saturated heterocycles. The van der Waals surface area contributed by atoms with Gasteiger partial charge in [0.15, 0.2) is 5.78 Å². The van der Waals surface area contributed by atoms with Gasteiger partial charge in [-0.15, -0.1) is 0 Å². The molecule has 0 aliphatic heterocycles. The van der Waals surface area contributed by atoms with Crippen molar-refractivity contribution < 1.29 is 4.79 Å². The molecule has 0 heterocycles. The highest BCUT2D eigenvalue weighted by atomic mass is 16.1. The molecule has 0 fully saturated rings. The lowest BCUT2D eigenvalue weighted by atomic mass is 9.75. The summed E-state index contributed by atoms with van der Waals surface area (Å²) in [5, 5.41) is 0. The van der Waals surface area contributed by atoms with Crippen molar-refractivity contribution in [3.63, 3.8) is 0 Å². The first kappa shape index (κ1) is 19.4. The second-order valence-electron chi connectivity index (χ2n) is 8.06. The second-order valence-corrected chi connectivity index (χ2v) is 8.06. The lowest BCUT2D eigenvalue weighted by Gasteiger charge is -2.39. The standard InChI is InChI=1S/C23H31NO/c1-17-9-7-11-19(15-17)21(25)13-14-23(3,4)22(24(5)6)20-12-8-10-18(2)16-20/h7-12,15-16,22H,13-14H2,1-6H3. The molecule has 2 aromatic carbocycles. The molecular weight excluding hydrogens is 306 g/mol. The molecule has 0 aliphatic carbocycles. The van der Waals surface area contributed by atoms with Crippen LogP contribution in [0.15, 0.2) is 48.5 Å². The molecule has 2 aromatic rings. The smallest absolute Gasteiger partial charge is 0.162 e. The summed E-state index contributed by atoms with van der Waals surface area (Å²) in [6.07, 6.45) is 1.43. The van der Waals surface area contributed by atoms with Crippen molar-refractivity contribution >= 4 is 5.78 Å². The van der Waals surface area contributed by atoms with Crippen molar-refractivity contribution in [3.8, 4) is 0 Å². The zero-order valence-electron chi connectivity index (χ0n) is 16.5. The zero-order chi connectivity index (χ0) is 18.6. The van der Waals surface area contributed by atoms with Crippen molar-refractivity contribution in [2.75, 3.05) is 14.1 Å². The van der Waals surface area contributed by atoms with Crippen LogP contribution in [0.5, 0.6) is 0 Å². The lowest BCUT2D eigenvalue weighted by Crippen LogP contribution is -2.34. The second kappa shape index (κ2) is 7.97. The van der Waals surface area contributed by atoms with E-state index in [2.05, 4.69) is 64.0 Å². The number of carbonyl (C=O) groups excluding carboxylic acids is 1. The van der Waals surface area contributed by atoms with Crippen molar-refractivity contribution in [2.24, 2.45) is 5.41 Å². The Hall–Kier alpha value is -1.93. The average Bonchev–Trinajstić information content (AvgIpc) is 2.52. The molecule has 25 heavy (non-hydrogen) atoms. The molecule has 1 atom stereocenters. The van der Waals surface area contributed by atoms with Crippen LogP contribution in [0.1, 0.15) is 59.8 Å². The number of benzene rings is 2. The molecular formula is C23H31NO. The fourth-order valence-corrected chi connectivity index (χ4v) is 3.82. The summed E-state index contributed by atoms with van der Waals surface area (Å²) in [4.78, 5) is 14.9. The Labute approximate surface area is 152 Å². The summed E-state index contributed by atoms with van der Waals surface area (Å²) >= 11 is 0. The number of nitrogens with zero attached hydrogens (tertiary/aromatic N) is 1. The lowest BCUT2D eigenvalue weighted by molar-refractivity contribution is 0.0899. The normalized spacial score (nSPS) is 13.1. The fraction of sp³-hybridized carbons (Fsp3) is 0.435. The molecule has 2 rings (SSSR count). The highest BCUT2D eigenvalue weighted by Gasteiger charge is 2.33. The molecule has 0 spiro atoms. The molecule has 134 valence electrons. The first-order valence-electron chi connectivity index (χ1n) is 9.03. The van der Waals surface area contributed by atoms with Gasteiger partial charge in [-0.1, -0.05) is 67.4 Å². The highest BCUT2D eigenvalue weighted by molar-refractivity contribution is 5.96. The Morgan fingerprint density at radius 1 is 1.00 bits per heavy atom. The van der Waals surface area contributed by atoms with Crippen LogP contribution in [-0.4, -0.2) is 24.8 Å². The van der Waals surface area contributed by atoms with Gasteiger partial charge >= 0.3 is 0 Å². The quantitative estimate of drug-likeness (QED) is 0.613. The first-order chi connectivity index (χ1) is 11.7. The number of Topliss-reactive ketones (excluding diaryl/α,β-unsaturated/α-hetero) is 1. The van der Waals surface area contributed by atoms with E-state index in [1.165, 1.54) is 11.1 Å². The Kier molecular flexibility index (Phi) is 6.18. The highest BCUT2D eigenvalue weighted by Crippen LogP contribution is 2.41. The van der Waals surface area contributed by atoms with Gasteiger partial charge < -0.3 is 4.90 Å². The fourth-order valence-electron chi connectivity index (χ4n) is 3.82. The predicted molar refractivity (Wildman–Crippen MR) is 106 cm³/mol. The topological polar surface area (TPSA) is 20.3 Å². The van der Waals surface area contributed by atoms with E-state index in [1.54, 1.807) is 0 Å². The van der Waals surface area contributed by atoms with Crippen LogP contribution in [0.4, 0.5) is 0 Å². The van der Waals surface area contributed by atoms with Gasteiger partial charge in [-0.3, -0.25) is 4.79 Å². The van der Waals surface area contributed by atoms with E-state index in [9.17, 15) is 4.79 Å². The van der Waals surface area contributed by atoms with Crippen LogP contribution in [0.25, 0.3) is 0 Å². The molecule has 0 saturated carbocycles. The monoisotopic (exact) mass is 337 g/mol. The number of carbonyl (C=O) groups is 1. The minimum absolute atomic E-state index is 0.00320. The third-order valence-corrected chi connectivity index (χ3v) is 4.95. The maximum absolute atomic E-state index is 12.6. The summed E-state index contributed by atoms with van der Waals surface area (Å²) in [6.45, 7) is 8.69. The predicted octanol–water partition coefficient (Wildman–Crippen LogP) is 5.60. The third-order valence-electron chi connectivity index (χ3n) is 4.95. The molecule has 0 radical (unpaired) electrons. The minimum atomic E-state index is -0.00320. The number of hydrogen-bond donors (Lipinski definition) is 0. The van der Waals surface area contributed by atoms with Gasteiger partial charge in [0.05, 0.1) is 0 Å². The Balaban J connectivity index is 2.16. The van der Waals surface area contributed by atoms with Crippen molar-refractivity contribution in [2.45, 2.75) is 46.6 Å². The van der Waals surface area contributed by atoms with E-state index in [-0.39, 0.29) is 17.2 Å². The van der Waals surface area contributed by atoms with Crippen LogP contribution in [0.3, 0.4) is 0 Å². The average molecular weight is 338 g/mol. The SMILES string of the molecule is Cc1cccc(C(=O)CCC(C)(C)C(c2cccc(C)c2)N(C)C)c1. The van der Waals surface area contributed by atoms with E-state index in [4.69, 9.17) is 0 Å². The summed E-state index contributed by atoms with van der Waals surface area (Å²) in [5.74, 6) is 0.235. The number of hydrogen-bond acceptors (Lipinski definition) is 2. The van der Waals surface area contributed by atoms with Crippen molar-refractivity contribution in [1.82, 2.24) is 4.90 Å². The number of rotatable bonds is 7. The summed E-state index contributed by atoms with van der Waals surface area (Å²) in [7, 11) is 4.24. The van der Waals surface area contributed by atoms with Gasteiger partial charge in [0, 0.05) is 18.0 Å². The largest absolute Gasteiger partial charge is 0.302 e. The molecule has 0 amide bonds. The summed E-state index contributed by atoms with van der Waals surface area (Å²) < 4.78 is 0. The molecule has 2 heteroatoms. The summed E-state index contributed by atoms with van der Waals surface area (Å²) in [6, 6.07) is 16.9. The molecule has 0 N–H and O–H groups in total. The maximum Gasteiger partial charge on any atom is 0.162 e. The molecule has 0 aliphatic rings. The van der Waals surface area contributed by atoms with Crippen molar-refractivity contribution in [1.29, 1.82) is 0 Å². The summed E-state index contributed by atoms with van der Waals surface area (Å²) in [5.41, 5.74) is 4.55. The molecule has 1 unspecified atom stereocenters. The van der Waals surface area contributed by atoms with Crippen LogP contribution < -0.4 is 0 Å². The van der Waals surface area contributed by atoms with Crippen LogP contribution in [0, 0.1) is 19.3 Å². The van der Waals surface area contributed by atoms with Gasteiger partial charge in [-0.05, 0) is 51.4 Å². The first-order valence-corrected chi connectivity index (χ1v) is 9.03. The molecule has 2 nitrogen and oxygen atoms in total. The molecule has 0 aromatic heterocycles. The molecule has 0 bridgehead atoms. The minimum Gasteiger partial charge on any atom is -0.302 e. The van der Waals surface area contributed by atoms with Gasteiger partial charge in [0.25, 0.3) is 0 Å². The van der Waals surface area contributed by atoms with Crippen molar-refractivity contribution in [3.05, 3.63) is 70.8 Å². The van der Waals surface area contributed by atoms with E-state index in [1.807, 2.05) is 31.2 Å². The van der Waals surface area contributed by atoms with Gasteiger partial charge in [0.1, 0.15) is 0 Å². The Morgan fingerprint density at radius 3 is 2.16 bits per heavy atom. The number of ketones is 1. The van der Waals surface area contributed by atoms with Gasteiger partial charge in [-0.2, -0.15) is 0 Å². The van der Waals surface area contributed by atoms with Crippen LogP contribution >= 0.6 is 0 Å². The number of aryl methyl sites for hydroxylation is 2. The van der Waals surface area contributed by atoms with Gasteiger partial charge in [-0.25, -0.2) is 0 Å². The van der Waals surface area contributed by atoms with E-state index >= 15 is 0 Å². The van der Waals surface area contributed by atoms with Crippen LogP contribution in [-0.2, 0) is 0 Å². The zero-order valence-corrected chi connectivity index (χ0v) is 16.5. The van der Waals surface area contributed by atoms with Gasteiger partial charge in [0.2, 0.25) is 0 Å². The third kappa shape index (κ3) is 5.02. The maximum atomic E-state index is 12.6. The Bertz CT molecular complexity index is 730. The van der Waals surface area contributed by atoms with E-state index in [0.29, 0.717) is 6.42 Å². The van der Waals surface area contributed by atoms with Crippen LogP contribution in [0.2, 0.25) is 0 Å². The Morgan fingerprint density at radius 2 is 1.60 bits per heavy atom. The van der Waals surface area contributed by atoms with E-state index in [0.717, 1.165) is 17.5 Å². The van der Waals surface area contributed by atoms with E-state index < -0.39 is 0 Å².